The predicted octanol–water partition coefficient (Wildman–Crippen LogP) is 5.20. The molecule has 0 radical (unpaired) electrons. The summed E-state index contributed by atoms with van der Waals surface area (Å²) in [7, 11) is 0. The topological polar surface area (TPSA) is 57.4 Å². The molecule has 3 atom stereocenters. The summed E-state index contributed by atoms with van der Waals surface area (Å²) in [6.07, 6.45) is 2.47. The minimum absolute atomic E-state index is 0.0605. The molecule has 3 fully saturated rings. The van der Waals surface area contributed by atoms with Crippen LogP contribution >= 0.6 is 0 Å². The number of carbonyl (C=O) groups excluding carboxylic acids is 1. The van der Waals surface area contributed by atoms with Crippen molar-refractivity contribution in [1.82, 2.24) is 9.88 Å². The molecule has 1 aliphatic heterocycles. The molecular formula is C24H30F3N3O2. The number of hydrogen-bond donors (Lipinski definition) is 2. The Morgan fingerprint density at radius 1 is 1.25 bits per heavy atom. The number of anilines is 1. The maximum absolute atomic E-state index is 12.6. The van der Waals surface area contributed by atoms with Crippen molar-refractivity contribution in [1.29, 1.82) is 0 Å². The number of nitrogens with one attached hydrogen (secondary N) is 2. The first-order valence-corrected chi connectivity index (χ1v) is 11.5. The van der Waals surface area contributed by atoms with Gasteiger partial charge in [0.2, 0.25) is 5.91 Å². The van der Waals surface area contributed by atoms with Crippen LogP contribution in [0.2, 0.25) is 0 Å². The molecule has 1 amide bonds. The minimum atomic E-state index is -4.11. The average Bonchev–Trinajstić information content (AvgIpc) is 3.02. The highest BCUT2D eigenvalue weighted by atomic mass is 19.4. The summed E-state index contributed by atoms with van der Waals surface area (Å²) >= 11 is 0. The summed E-state index contributed by atoms with van der Waals surface area (Å²) in [4.78, 5) is 17.2. The number of likely N-dealkylation sites (tertiary alicyclic amines) is 1. The van der Waals surface area contributed by atoms with Crippen molar-refractivity contribution in [3.8, 4) is 5.75 Å². The first-order chi connectivity index (χ1) is 15.2. The highest BCUT2D eigenvalue weighted by Crippen LogP contribution is 2.46. The van der Waals surface area contributed by atoms with Gasteiger partial charge in [-0.05, 0) is 68.1 Å². The Hall–Kier alpha value is -2.22. The van der Waals surface area contributed by atoms with Crippen molar-refractivity contribution in [2.45, 2.75) is 45.2 Å². The van der Waals surface area contributed by atoms with Crippen LogP contribution in [0.1, 0.15) is 39.0 Å². The summed E-state index contributed by atoms with van der Waals surface area (Å²) in [5.74, 6) is 2.12. The van der Waals surface area contributed by atoms with Crippen LogP contribution in [0.3, 0.4) is 0 Å². The third kappa shape index (κ3) is 4.60. The molecule has 1 aromatic heterocycles. The fourth-order valence-corrected chi connectivity index (χ4v) is 5.46. The van der Waals surface area contributed by atoms with Gasteiger partial charge >= 0.3 is 6.18 Å². The molecule has 1 unspecified atom stereocenters. The minimum Gasteiger partial charge on any atom is -0.494 e. The Balaban J connectivity index is 1.12. The smallest absolute Gasteiger partial charge is 0.401 e. The van der Waals surface area contributed by atoms with E-state index in [1.807, 2.05) is 31.3 Å². The third-order valence-corrected chi connectivity index (χ3v) is 7.57. The van der Waals surface area contributed by atoms with Gasteiger partial charge in [0, 0.05) is 35.6 Å². The summed E-state index contributed by atoms with van der Waals surface area (Å²) in [6, 6.07) is 5.83. The number of nitrogens with zero attached hydrogens (tertiary/aromatic N) is 1. The average molecular weight is 450 g/mol. The number of fused-ring (bicyclic) bond motifs is 2. The van der Waals surface area contributed by atoms with Gasteiger partial charge in [0.05, 0.1) is 18.8 Å². The molecule has 174 valence electrons. The SMILES string of the molecule is CC1(C(=O)Nc2c[nH]c3ccc(OCCC4C[C@@H]5CN(CC(F)(F)F)C[C@@H]5C4)cc23)CC1. The summed E-state index contributed by atoms with van der Waals surface area (Å²) in [5, 5.41) is 3.97. The van der Waals surface area contributed by atoms with Crippen molar-refractivity contribution < 1.29 is 22.7 Å². The number of carbonyl (C=O) groups is 1. The third-order valence-electron chi connectivity index (χ3n) is 7.57. The second-order valence-corrected chi connectivity index (χ2v) is 10.2. The number of alkyl halides is 3. The molecule has 0 spiro atoms. The van der Waals surface area contributed by atoms with Crippen molar-refractivity contribution >= 4 is 22.5 Å². The largest absolute Gasteiger partial charge is 0.494 e. The quantitative estimate of drug-likeness (QED) is 0.611. The molecule has 2 saturated carbocycles. The monoisotopic (exact) mass is 449 g/mol. The van der Waals surface area contributed by atoms with Gasteiger partial charge in [-0.3, -0.25) is 9.69 Å². The van der Waals surface area contributed by atoms with Gasteiger partial charge in [-0.15, -0.1) is 0 Å². The van der Waals surface area contributed by atoms with E-state index in [2.05, 4.69) is 10.3 Å². The van der Waals surface area contributed by atoms with E-state index in [-0.39, 0.29) is 11.3 Å². The Morgan fingerprint density at radius 2 is 1.97 bits per heavy atom. The normalized spacial score (nSPS) is 26.9. The molecule has 8 heteroatoms. The molecule has 2 heterocycles. The number of H-pyrrole nitrogens is 1. The van der Waals surface area contributed by atoms with Gasteiger partial charge in [-0.2, -0.15) is 13.2 Å². The van der Waals surface area contributed by atoms with E-state index in [1.54, 1.807) is 4.90 Å². The molecule has 1 saturated heterocycles. The van der Waals surface area contributed by atoms with Crippen molar-refractivity contribution in [3.63, 3.8) is 0 Å². The summed E-state index contributed by atoms with van der Waals surface area (Å²) in [5.41, 5.74) is 1.48. The first-order valence-electron chi connectivity index (χ1n) is 11.5. The molecule has 2 N–H and O–H groups in total. The van der Waals surface area contributed by atoms with E-state index in [9.17, 15) is 18.0 Å². The molecule has 5 nitrogen and oxygen atoms in total. The molecule has 5 rings (SSSR count). The Bertz CT molecular complexity index is 984. The van der Waals surface area contributed by atoms with Gasteiger partial charge in [0.1, 0.15) is 5.75 Å². The molecular weight excluding hydrogens is 419 g/mol. The molecule has 2 aliphatic carbocycles. The van der Waals surface area contributed by atoms with Crippen LogP contribution in [0.4, 0.5) is 18.9 Å². The van der Waals surface area contributed by atoms with Crippen molar-refractivity contribution in [2.24, 2.45) is 23.2 Å². The number of ether oxygens (including phenoxy) is 1. The lowest BCUT2D eigenvalue weighted by atomic mass is 10.0. The van der Waals surface area contributed by atoms with Crippen LogP contribution in [0, 0.1) is 23.2 Å². The Kier molecular flexibility index (Phi) is 5.39. The fourth-order valence-electron chi connectivity index (χ4n) is 5.46. The number of halogens is 3. The van der Waals surface area contributed by atoms with E-state index < -0.39 is 12.7 Å². The number of aromatic nitrogens is 1. The first kappa shape index (κ1) is 21.6. The lowest BCUT2D eigenvalue weighted by molar-refractivity contribution is -0.144. The Morgan fingerprint density at radius 3 is 2.62 bits per heavy atom. The van der Waals surface area contributed by atoms with Crippen molar-refractivity contribution in [3.05, 3.63) is 24.4 Å². The maximum atomic E-state index is 12.6. The lowest BCUT2D eigenvalue weighted by Gasteiger charge is -2.20. The van der Waals surface area contributed by atoms with Crippen LogP contribution in [-0.4, -0.2) is 48.2 Å². The van der Waals surface area contributed by atoms with E-state index in [1.165, 1.54) is 0 Å². The second kappa shape index (κ2) is 7.97. The van der Waals surface area contributed by atoms with E-state index >= 15 is 0 Å². The number of benzene rings is 1. The van der Waals surface area contributed by atoms with Crippen LogP contribution < -0.4 is 10.1 Å². The Labute approximate surface area is 185 Å². The zero-order valence-corrected chi connectivity index (χ0v) is 18.3. The van der Waals surface area contributed by atoms with Crippen LogP contribution in [0.5, 0.6) is 5.75 Å². The van der Waals surface area contributed by atoms with Gasteiger partial charge in [0.15, 0.2) is 0 Å². The van der Waals surface area contributed by atoms with Gasteiger partial charge in [-0.25, -0.2) is 0 Å². The molecule has 0 bridgehead atoms. The van der Waals surface area contributed by atoms with Crippen LogP contribution in [0.15, 0.2) is 24.4 Å². The van der Waals surface area contributed by atoms with Gasteiger partial charge < -0.3 is 15.0 Å². The van der Waals surface area contributed by atoms with Gasteiger partial charge in [0.25, 0.3) is 0 Å². The van der Waals surface area contributed by atoms with Gasteiger partial charge in [-0.1, -0.05) is 6.92 Å². The maximum Gasteiger partial charge on any atom is 0.401 e. The lowest BCUT2D eigenvalue weighted by Crippen LogP contribution is -2.33. The van der Waals surface area contributed by atoms with Crippen LogP contribution in [0.25, 0.3) is 10.9 Å². The molecule has 1 aromatic carbocycles. The highest BCUT2D eigenvalue weighted by Gasteiger charge is 2.45. The van der Waals surface area contributed by atoms with E-state index in [0.29, 0.717) is 37.5 Å². The van der Waals surface area contributed by atoms with Crippen molar-refractivity contribution in [2.75, 3.05) is 31.6 Å². The number of amides is 1. The number of hydrogen-bond acceptors (Lipinski definition) is 3. The summed E-state index contributed by atoms with van der Waals surface area (Å²) < 4.78 is 43.9. The van der Waals surface area contributed by atoms with E-state index in [0.717, 1.165) is 54.4 Å². The highest BCUT2D eigenvalue weighted by molar-refractivity contribution is 6.04. The zero-order chi connectivity index (χ0) is 22.5. The standard InChI is InChI=1S/C24H30F3N3O2/c1-23(5-6-23)22(31)29-21-11-28-20-3-2-18(10-19(20)21)32-7-4-15-8-16-12-30(13-17(16)9-15)14-24(25,26)27/h2-3,10-11,15-17,28H,4-9,12-14H2,1H3,(H,29,31)/t15?,16-,17+. The van der Waals surface area contributed by atoms with Crippen LogP contribution in [-0.2, 0) is 4.79 Å². The zero-order valence-electron chi connectivity index (χ0n) is 18.3. The second-order valence-electron chi connectivity index (χ2n) is 10.2. The predicted molar refractivity (Wildman–Crippen MR) is 117 cm³/mol. The molecule has 32 heavy (non-hydrogen) atoms. The summed E-state index contributed by atoms with van der Waals surface area (Å²) in [6.45, 7) is 2.93. The molecule has 3 aliphatic rings. The number of aromatic amines is 1. The van der Waals surface area contributed by atoms with E-state index in [4.69, 9.17) is 4.74 Å². The fraction of sp³-hybridized carbons (Fsp3) is 0.625. The number of rotatable bonds is 7. The molecule has 2 aromatic rings.